The Balaban J connectivity index is 0.000000459. The minimum Gasteiger partial charge on any atom is -0.354 e. The summed E-state index contributed by atoms with van der Waals surface area (Å²) in [6, 6.07) is 32.9. The number of fused-ring (bicyclic) bond motifs is 6. The van der Waals surface area contributed by atoms with Crippen LogP contribution in [-0.2, 0) is 0 Å². The monoisotopic (exact) mass is 727 g/mol. The van der Waals surface area contributed by atoms with E-state index in [-0.39, 0.29) is 12.1 Å². The fourth-order valence-corrected chi connectivity index (χ4v) is 7.10. The number of aliphatic imine (C=N–C) groups is 2. The van der Waals surface area contributed by atoms with Gasteiger partial charge in [0, 0.05) is 53.3 Å². The van der Waals surface area contributed by atoms with Crippen LogP contribution in [0.15, 0.2) is 192 Å². The quantitative estimate of drug-likeness (QED) is 0.174. The summed E-state index contributed by atoms with van der Waals surface area (Å²) in [5.41, 5.74) is 10.9. The molecule has 0 radical (unpaired) electrons. The molecule has 2 unspecified atom stereocenters. The lowest BCUT2D eigenvalue weighted by Crippen LogP contribution is -2.33. The number of allylic oxidation sites excluding steroid dienone is 4. The van der Waals surface area contributed by atoms with Crippen LogP contribution >= 0.6 is 0 Å². The zero-order valence-corrected chi connectivity index (χ0v) is 29.9. The standard InChI is InChI=1S/C40H28N8.C6H5NO/c1-5-21-41-25(9-1)37-29-13-15-31(45-29)38(26-10-2-6-22-42-26)33-17-19-35(47-33)40(28-12-4-8-24-44-28)36-20-18-34(48-36)39(27-11-3-7-23-43-27)32-16-14-30(37)46-32;8-5-6-3-1-2-4-7-6/h1-24,29,31,45,48H;1-5H/b37-30-,38-33-,39-34-,40-36-;. The zero-order chi connectivity index (χ0) is 37.7. The smallest absolute Gasteiger partial charge is 0.168 e. The van der Waals surface area contributed by atoms with E-state index < -0.39 is 0 Å². The van der Waals surface area contributed by atoms with Gasteiger partial charge in [0.15, 0.2) is 6.29 Å². The molecule has 0 saturated heterocycles. The Morgan fingerprint density at radius 3 is 1.27 bits per heavy atom. The SMILES string of the molecule is C1=C/C2=C(\c3ccccn3)C3C=CC(N3)/C(c3ccccn3)=C3/C=CC(=N3)/C(c3ccccn3)=c3/cc/c([nH]3)=C(\c3ccccn3)C1=N2.O=Cc1ccccn1. The zero-order valence-electron chi connectivity index (χ0n) is 29.9. The predicted molar refractivity (Wildman–Crippen MR) is 218 cm³/mol. The van der Waals surface area contributed by atoms with Crippen LogP contribution in [0.5, 0.6) is 0 Å². The molecule has 2 atom stereocenters. The third kappa shape index (κ3) is 6.84. The maximum atomic E-state index is 9.94. The van der Waals surface area contributed by atoms with Crippen molar-refractivity contribution in [3.63, 3.8) is 0 Å². The van der Waals surface area contributed by atoms with Crippen molar-refractivity contribution in [1.29, 1.82) is 0 Å². The molecule has 0 spiro atoms. The summed E-state index contributed by atoms with van der Waals surface area (Å²) in [7, 11) is 0. The lowest BCUT2D eigenvalue weighted by molar-refractivity contribution is 0.111. The van der Waals surface area contributed by atoms with Crippen LogP contribution in [0.2, 0.25) is 0 Å². The molecular formula is C46H33N9O. The van der Waals surface area contributed by atoms with Gasteiger partial charge in [-0.25, -0.2) is 9.98 Å². The second-order valence-electron chi connectivity index (χ2n) is 13.0. The first-order valence-electron chi connectivity index (χ1n) is 18.2. The number of pyridine rings is 5. The fourth-order valence-electron chi connectivity index (χ4n) is 7.10. The van der Waals surface area contributed by atoms with Gasteiger partial charge < -0.3 is 4.98 Å². The van der Waals surface area contributed by atoms with Crippen LogP contribution < -0.4 is 16.0 Å². The summed E-state index contributed by atoms with van der Waals surface area (Å²) in [6.45, 7) is 0. The molecule has 10 heterocycles. The fraction of sp³-hybridized carbons (Fsp3) is 0.0435. The Morgan fingerprint density at radius 2 is 0.893 bits per heavy atom. The van der Waals surface area contributed by atoms with Gasteiger partial charge >= 0.3 is 0 Å². The van der Waals surface area contributed by atoms with E-state index >= 15 is 0 Å². The number of H-pyrrole nitrogens is 1. The highest BCUT2D eigenvalue weighted by atomic mass is 16.1. The number of carbonyl (C=O) groups excluding carboxylic acids is 1. The van der Waals surface area contributed by atoms with E-state index in [1.165, 1.54) is 0 Å². The molecule has 0 saturated carbocycles. The molecule has 56 heavy (non-hydrogen) atoms. The second-order valence-corrected chi connectivity index (χ2v) is 13.0. The molecule has 10 rings (SSSR count). The minimum atomic E-state index is -0.167. The Morgan fingerprint density at radius 1 is 0.464 bits per heavy atom. The van der Waals surface area contributed by atoms with Crippen molar-refractivity contribution in [2.45, 2.75) is 12.1 Å². The van der Waals surface area contributed by atoms with Crippen LogP contribution in [0.1, 0.15) is 33.3 Å². The molecular weight excluding hydrogens is 695 g/mol. The number of aromatic amines is 1. The molecule has 4 aliphatic heterocycles. The topological polar surface area (TPSA) is 134 Å². The average Bonchev–Trinajstić information content (AvgIpc) is 4.11. The average molecular weight is 728 g/mol. The molecule has 268 valence electrons. The minimum absolute atomic E-state index is 0.167. The number of carbonyl (C=O) groups is 1. The summed E-state index contributed by atoms with van der Waals surface area (Å²) in [5, 5.41) is 5.64. The van der Waals surface area contributed by atoms with E-state index in [0.29, 0.717) is 5.69 Å². The number of aromatic nitrogens is 6. The van der Waals surface area contributed by atoms with Crippen molar-refractivity contribution >= 4 is 40.0 Å². The van der Waals surface area contributed by atoms with Gasteiger partial charge in [-0.1, -0.05) is 42.5 Å². The van der Waals surface area contributed by atoms with Gasteiger partial charge in [0.25, 0.3) is 0 Å². The number of nitrogens with zero attached hydrogens (tertiary/aromatic N) is 7. The van der Waals surface area contributed by atoms with Crippen LogP contribution in [0.3, 0.4) is 0 Å². The largest absolute Gasteiger partial charge is 0.354 e. The van der Waals surface area contributed by atoms with Crippen molar-refractivity contribution in [2.24, 2.45) is 9.98 Å². The van der Waals surface area contributed by atoms with E-state index in [9.17, 15) is 4.79 Å². The van der Waals surface area contributed by atoms with E-state index in [1.807, 2.05) is 97.6 Å². The van der Waals surface area contributed by atoms with Crippen molar-refractivity contribution in [2.75, 3.05) is 0 Å². The Hall–Kier alpha value is -7.56. The maximum absolute atomic E-state index is 9.94. The summed E-state index contributed by atoms with van der Waals surface area (Å²) in [6.07, 6.45) is 22.2. The predicted octanol–water partition coefficient (Wildman–Crippen LogP) is 5.64. The highest BCUT2D eigenvalue weighted by Crippen LogP contribution is 2.35. The van der Waals surface area contributed by atoms with E-state index in [1.54, 1.807) is 24.4 Å². The molecule has 0 aliphatic carbocycles. The van der Waals surface area contributed by atoms with Gasteiger partial charge in [0.1, 0.15) is 5.69 Å². The normalized spacial score (nSPS) is 22.6. The molecule has 10 nitrogen and oxygen atoms in total. The molecule has 2 N–H and O–H groups in total. The number of hydrogen-bond donors (Lipinski definition) is 2. The molecule has 10 heteroatoms. The molecule has 8 bridgehead atoms. The van der Waals surface area contributed by atoms with Crippen LogP contribution in [0.25, 0.3) is 22.3 Å². The molecule has 0 amide bonds. The Labute approximate surface area is 322 Å². The van der Waals surface area contributed by atoms with Crippen LogP contribution in [0.4, 0.5) is 0 Å². The van der Waals surface area contributed by atoms with Crippen molar-refractivity contribution in [3.8, 4) is 0 Å². The molecule has 6 aromatic heterocycles. The number of rotatable bonds is 5. The number of hydrogen-bond acceptors (Lipinski definition) is 9. The summed E-state index contributed by atoms with van der Waals surface area (Å²) in [4.78, 5) is 47.0. The van der Waals surface area contributed by atoms with Crippen molar-refractivity contribution in [1.82, 2.24) is 35.2 Å². The summed E-state index contributed by atoms with van der Waals surface area (Å²) < 4.78 is 0. The lowest BCUT2D eigenvalue weighted by atomic mass is 10.0. The van der Waals surface area contributed by atoms with Gasteiger partial charge in [-0.05, 0) is 97.1 Å². The number of aldehydes is 1. The van der Waals surface area contributed by atoms with E-state index in [0.717, 1.165) is 84.9 Å². The van der Waals surface area contributed by atoms with Gasteiger partial charge in [-0.3, -0.25) is 35.0 Å². The van der Waals surface area contributed by atoms with Crippen molar-refractivity contribution in [3.05, 3.63) is 221 Å². The summed E-state index contributed by atoms with van der Waals surface area (Å²) >= 11 is 0. The molecule has 4 aliphatic rings. The third-order valence-corrected chi connectivity index (χ3v) is 9.58. The van der Waals surface area contributed by atoms with Crippen molar-refractivity contribution < 1.29 is 4.79 Å². The van der Waals surface area contributed by atoms with E-state index in [2.05, 4.69) is 63.9 Å². The van der Waals surface area contributed by atoms with Gasteiger partial charge in [-0.2, -0.15) is 0 Å². The highest BCUT2D eigenvalue weighted by Gasteiger charge is 2.31. The third-order valence-electron chi connectivity index (χ3n) is 9.58. The van der Waals surface area contributed by atoms with Gasteiger partial charge in [-0.15, -0.1) is 0 Å². The highest BCUT2D eigenvalue weighted by molar-refractivity contribution is 6.31. The Bertz CT molecular complexity index is 2600. The molecule has 6 aromatic rings. The first-order chi connectivity index (χ1) is 27.7. The molecule has 0 aromatic carbocycles. The maximum Gasteiger partial charge on any atom is 0.168 e. The molecule has 0 fully saturated rings. The Kier molecular flexibility index (Phi) is 9.43. The van der Waals surface area contributed by atoms with Gasteiger partial charge in [0.05, 0.1) is 68.4 Å². The first-order valence-corrected chi connectivity index (χ1v) is 18.2. The van der Waals surface area contributed by atoms with Gasteiger partial charge in [0.2, 0.25) is 0 Å². The van der Waals surface area contributed by atoms with Crippen LogP contribution in [0, 0.1) is 0 Å². The second kappa shape index (κ2) is 15.4. The van der Waals surface area contributed by atoms with Crippen LogP contribution in [-0.4, -0.2) is 59.7 Å². The number of nitrogens with one attached hydrogen (secondary N) is 2. The lowest BCUT2D eigenvalue weighted by Gasteiger charge is -2.21. The summed E-state index contributed by atoms with van der Waals surface area (Å²) in [5.74, 6) is 0. The van der Waals surface area contributed by atoms with E-state index in [4.69, 9.17) is 29.9 Å². The first kappa shape index (κ1) is 34.2.